The van der Waals surface area contributed by atoms with E-state index in [-0.39, 0.29) is 18.1 Å². The first kappa shape index (κ1) is 23.3. The minimum absolute atomic E-state index is 0.177. The molecular weight excluding hydrogens is 392 g/mol. The molecule has 1 saturated heterocycles. The van der Waals surface area contributed by atoms with Crippen LogP contribution in [0, 0.1) is 0 Å². The number of benzene rings is 1. The molecule has 31 heavy (non-hydrogen) atoms. The topological polar surface area (TPSA) is 71.3 Å². The molecule has 2 heterocycles. The molecule has 1 fully saturated rings. The Bertz CT molecular complexity index is 780. The smallest absolute Gasteiger partial charge is 0.246 e. The van der Waals surface area contributed by atoms with Crippen molar-refractivity contribution in [3.05, 3.63) is 59.4 Å². The number of hydrogen-bond acceptors (Lipinski definition) is 6. The highest BCUT2D eigenvalue weighted by Crippen LogP contribution is 2.29. The average molecular weight is 429 g/mol. The third-order valence-electron chi connectivity index (χ3n) is 6.02. The van der Waals surface area contributed by atoms with Crippen molar-refractivity contribution in [3.8, 4) is 0 Å². The molecular formula is C24H36N4O3. The Balaban J connectivity index is 1.81. The number of methoxy groups -OCH3 is 1. The zero-order valence-corrected chi connectivity index (χ0v) is 19.0. The van der Waals surface area contributed by atoms with Gasteiger partial charge in [-0.1, -0.05) is 37.3 Å². The van der Waals surface area contributed by atoms with E-state index in [4.69, 9.17) is 15.2 Å². The van der Waals surface area contributed by atoms with E-state index in [1.807, 2.05) is 12.2 Å². The number of nitrogens with zero attached hydrogens (tertiary/aromatic N) is 3. The molecule has 0 unspecified atom stereocenters. The maximum absolute atomic E-state index is 11.7. The highest BCUT2D eigenvalue weighted by atomic mass is 16.7. The van der Waals surface area contributed by atoms with Crippen molar-refractivity contribution in [3.63, 3.8) is 0 Å². The lowest BCUT2D eigenvalue weighted by Gasteiger charge is -2.41. The molecule has 0 saturated carbocycles. The number of hydrogen-bond donors (Lipinski definition) is 1. The quantitative estimate of drug-likeness (QED) is 0.546. The van der Waals surface area contributed by atoms with Gasteiger partial charge in [-0.3, -0.25) is 9.69 Å². The van der Waals surface area contributed by atoms with Crippen LogP contribution >= 0.6 is 0 Å². The fraction of sp³-hybridized carbons (Fsp3) is 0.542. The van der Waals surface area contributed by atoms with E-state index in [9.17, 15) is 4.79 Å². The van der Waals surface area contributed by atoms with Gasteiger partial charge in [0.2, 0.25) is 5.91 Å². The number of ether oxygens (including phenoxy) is 2. The standard InChI is InChI=1S/C24H36N4O3/c1-4-13-28-15-20(24(25)29)10-11-23(28)26(2)22(19-8-6-5-7-9-19)17-27-14-12-21(16-27)31-18-30-3/h5-11,21-22H,4,12-18H2,1-3H3,(H2,25,29)/t21-,22+/m0/s1. The zero-order valence-electron chi connectivity index (χ0n) is 19.0. The van der Waals surface area contributed by atoms with Crippen LogP contribution in [-0.2, 0) is 14.3 Å². The van der Waals surface area contributed by atoms with Crippen molar-refractivity contribution in [1.29, 1.82) is 0 Å². The van der Waals surface area contributed by atoms with E-state index in [2.05, 4.69) is 59.0 Å². The van der Waals surface area contributed by atoms with E-state index in [1.54, 1.807) is 7.11 Å². The number of carbonyl (C=O) groups excluding carboxylic acids is 1. The Hall–Kier alpha value is -2.35. The largest absolute Gasteiger partial charge is 0.366 e. The summed E-state index contributed by atoms with van der Waals surface area (Å²) in [6, 6.07) is 10.8. The monoisotopic (exact) mass is 428 g/mol. The molecule has 2 aliphatic rings. The van der Waals surface area contributed by atoms with Crippen LogP contribution in [0.5, 0.6) is 0 Å². The van der Waals surface area contributed by atoms with Crippen LogP contribution < -0.4 is 5.73 Å². The van der Waals surface area contributed by atoms with E-state index in [1.165, 1.54) is 5.56 Å². The summed E-state index contributed by atoms with van der Waals surface area (Å²) < 4.78 is 10.8. The van der Waals surface area contributed by atoms with E-state index in [0.717, 1.165) is 44.8 Å². The first-order valence-electron chi connectivity index (χ1n) is 11.1. The van der Waals surface area contributed by atoms with Crippen molar-refractivity contribution >= 4 is 5.91 Å². The zero-order chi connectivity index (χ0) is 22.2. The van der Waals surface area contributed by atoms with Crippen LogP contribution in [0.3, 0.4) is 0 Å². The second-order valence-corrected chi connectivity index (χ2v) is 8.28. The summed E-state index contributed by atoms with van der Waals surface area (Å²) in [7, 11) is 3.80. The Morgan fingerprint density at radius 3 is 2.74 bits per heavy atom. The molecule has 2 aliphatic heterocycles. The number of amides is 1. The van der Waals surface area contributed by atoms with Gasteiger partial charge in [-0.2, -0.15) is 0 Å². The molecule has 0 aliphatic carbocycles. The van der Waals surface area contributed by atoms with Crippen LogP contribution in [0.4, 0.5) is 0 Å². The second-order valence-electron chi connectivity index (χ2n) is 8.28. The lowest BCUT2D eigenvalue weighted by Crippen LogP contribution is -2.43. The molecule has 1 aromatic rings. The van der Waals surface area contributed by atoms with Crippen LogP contribution in [0.25, 0.3) is 0 Å². The van der Waals surface area contributed by atoms with Crippen LogP contribution in [0.15, 0.2) is 53.9 Å². The normalized spacial score (nSPS) is 20.4. The maximum atomic E-state index is 11.7. The van der Waals surface area contributed by atoms with Gasteiger partial charge < -0.3 is 25.0 Å². The molecule has 2 atom stereocenters. The number of primary amides is 1. The SMILES string of the molecule is CCCN1CC(C(N)=O)=CC=C1N(C)[C@H](CN1CC[C@H](OCOC)C1)c1ccccc1. The number of likely N-dealkylation sites (N-methyl/N-ethyl adjacent to an activating group) is 1. The van der Waals surface area contributed by atoms with Crippen molar-refractivity contribution in [1.82, 2.24) is 14.7 Å². The Morgan fingerprint density at radius 2 is 2.06 bits per heavy atom. The minimum Gasteiger partial charge on any atom is -0.366 e. The summed E-state index contributed by atoms with van der Waals surface area (Å²) in [6.45, 7) is 6.74. The van der Waals surface area contributed by atoms with Crippen LogP contribution in [0.2, 0.25) is 0 Å². The van der Waals surface area contributed by atoms with Crippen molar-refractivity contribution < 1.29 is 14.3 Å². The Morgan fingerprint density at radius 1 is 1.29 bits per heavy atom. The molecule has 1 aromatic carbocycles. The van der Waals surface area contributed by atoms with Crippen molar-refractivity contribution in [2.45, 2.75) is 31.9 Å². The molecule has 3 rings (SSSR count). The molecule has 1 amide bonds. The summed E-state index contributed by atoms with van der Waals surface area (Å²) in [4.78, 5) is 18.8. The molecule has 0 radical (unpaired) electrons. The average Bonchev–Trinajstić information content (AvgIpc) is 3.24. The summed E-state index contributed by atoms with van der Waals surface area (Å²) in [5, 5.41) is 0. The van der Waals surface area contributed by atoms with Gasteiger partial charge in [0, 0.05) is 52.5 Å². The predicted molar refractivity (Wildman–Crippen MR) is 122 cm³/mol. The van der Waals surface area contributed by atoms with Gasteiger partial charge >= 0.3 is 0 Å². The summed E-state index contributed by atoms with van der Waals surface area (Å²) in [5.41, 5.74) is 7.47. The summed E-state index contributed by atoms with van der Waals surface area (Å²) >= 11 is 0. The first-order valence-corrected chi connectivity index (χ1v) is 11.1. The molecule has 7 nitrogen and oxygen atoms in total. The molecule has 0 spiro atoms. The fourth-order valence-corrected chi connectivity index (χ4v) is 4.38. The van der Waals surface area contributed by atoms with Crippen LogP contribution in [0.1, 0.15) is 31.4 Å². The van der Waals surface area contributed by atoms with E-state index in [0.29, 0.717) is 18.9 Å². The molecule has 7 heteroatoms. The third-order valence-corrected chi connectivity index (χ3v) is 6.02. The number of allylic oxidation sites excluding steroid dienone is 2. The van der Waals surface area contributed by atoms with E-state index < -0.39 is 0 Å². The fourth-order valence-electron chi connectivity index (χ4n) is 4.38. The highest BCUT2D eigenvalue weighted by Gasteiger charge is 2.30. The van der Waals surface area contributed by atoms with Gasteiger partial charge in [0.1, 0.15) is 12.6 Å². The summed E-state index contributed by atoms with van der Waals surface area (Å²) in [5.74, 6) is 0.768. The molecule has 0 bridgehead atoms. The number of carbonyl (C=O) groups is 1. The van der Waals surface area contributed by atoms with Crippen molar-refractivity contribution in [2.75, 3.05) is 53.7 Å². The van der Waals surface area contributed by atoms with Gasteiger partial charge in [0.25, 0.3) is 0 Å². The molecule has 170 valence electrons. The highest BCUT2D eigenvalue weighted by molar-refractivity contribution is 5.93. The first-order chi connectivity index (χ1) is 15.0. The van der Waals surface area contributed by atoms with Gasteiger partial charge in [0.15, 0.2) is 0 Å². The third kappa shape index (κ3) is 6.09. The lowest BCUT2D eigenvalue weighted by atomic mass is 10.0. The Labute approximate surface area is 186 Å². The number of nitrogens with two attached hydrogens (primary N) is 1. The predicted octanol–water partition coefficient (Wildman–Crippen LogP) is 2.33. The molecule has 2 N–H and O–H groups in total. The van der Waals surface area contributed by atoms with Crippen molar-refractivity contribution in [2.24, 2.45) is 5.73 Å². The molecule has 0 aromatic heterocycles. The van der Waals surface area contributed by atoms with Gasteiger partial charge in [-0.05, 0) is 30.6 Å². The number of rotatable bonds is 11. The van der Waals surface area contributed by atoms with Gasteiger partial charge in [-0.25, -0.2) is 0 Å². The minimum atomic E-state index is -0.349. The maximum Gasteiger partial charge on any atom is 0.246 e. The summed E-state index contributed by atoms with van der Waals surface area (Å²) in [6.07, 6.45) is 6.13. The number of likely N-dealkylation sites (tertiary alicyclic amines) is 1. The van der Waals surface area contributed by atoms with Crippen LogP contribution in [-0.4, -0.2) is 80.4 Å². The van der Waals surface area contributed by atoms with Gasteiger partial charge in [-0.15, -0.1) is 0 Å². The Kier molecular flexibility index (Phi) is 8.51. The second kappa shape index (κ2) is 11.3. The van der Waals surface area contributed by atoms with Gasteiger partial charge in [0.05, 0.1) is 12.1 Å². The van der Waals surface area contributed by atoms with E-state index >= 15 is 0 Å². The lowest BCUT2D eigenvalue weighted by molar-refractivity contribution is -0.114.